The molecule has 2 unspecified atom stereocenters. The van der Waals surface area contributed by atoms with E-state index in [2.05, 4.69) is 46.5 Å². The van der Waals surface area contributed by atoms with E-state index in [1.165, 1.54) is 5.56 Å². The standard InChI is InChI=1S/C21H29N7O2S/c1-5-17-22-18-19(26(17)3)23-21(31-13-15-6-8-16(30-4)9-7-15)24-20(18)27-10-11-28(25-29)14(2)12-27/h6-9,14,17,22H,5,10-13H2,1-4H3. The van der Waals surface area contributed by atoms with Gasteiger partial charge in [-0.3, -0.25) is 5.01 Å². The third kappa shape index (κ3) is 4.34. The average molecular weight is 444 g/mol. The zero-order valence-corrected chi connectivity index (χ0v) is 19.2. The molecule has 1 saturated heterocycles. The summed E-state index contributed by atoms with van der Waals surface area (Å²) in [7, 11) is 3.74. The van der Waals surface area contributed by atoms with Crippen LogP contribution in [0.25, 0.3) is 0 Å². The number of piperazine rings is 1. The van der Waals surface area contributed by atoms with Crippen LogP contribution in [0.15, 0.2) is 34.7 Å². The molecule has 1 fully saturated rings. The van der Waals surface area contributed by atoms with Crippen molar-refractivity contribution in [3.63, 3.8) is 0 Å². The van der Waals surface area contributed by atoms with Crippen LogP contribution in [-0.4, -0.2) is 61.0 Å². The Hall–Kier alpha value is -2.75. The largest absolute Gasteiger partial charge is 0.497 e. The van der Waals surface area contributed by atoms with Crippen molar-refractivity contribution < 1.29 is 4.74 Å². The molecule has 1 aromatic heterocycles. The summed E-state index contributed by atoms with van der Waals surface area (Å²) in [6.07, 6.45) is 1.15. The number of nitroso groups, excluding NO2 is 1. The zero-order valence-electron chi connectivity index (χ0n) is 18.4. The van der Waals surface area contributed by atoms with Crippen LogP contribution in [-0.2, 0) is 5.75 Å². The maximum Gasteiger partial charge on any atom is 0.191 e. The molecule has 166 valence electrons. The van der Waals surface area contributed by atoms with Crippen LogP contribution >= 0.6 is 11.8 Å². The van der Waals surface area contributed by atoms with Crippen LogP contribution < -0.4 is 19.9 Å². The lowest BCUT2D eigenvalue weighted by Gasteiger charge is -2.37. The fraction of sp³-hybridized carbons (Fsp3) is 0.524. The minimum absolute atomic E-state index is 0.0355. The van der Waals surface area contributed by atoms with Gasteiger partial charge in [0.15, 0.2) is 16.8 Å². The van der Waals surface area contributed by atoms with E-state index in [-0.39, 0.29) is 12.2 Å². The predicted molar refractivity (Wildman–Crippen MR) is 125 cm³/mol. The van der Waals surface area contributed by atoms with E-state index in [4.69, 9.17) is 14.7 Å². The van der Waals surface area contributed by atoms with Crippen molar-refractivity contribution in [3.05, 3.63) is 34.7 Å². The normalized spacial score (nSPS) is 20.5. The number of fused-ring (bicyclic) bond motifs is 1. The highest BCUT2D eigenvalue weighted by molar-refractivity contribution is 7.98. The zero-order chi connectivity index (χ0) is 22.0. The minimum Gasteiger partial charge on any atom is -0.497 e. The van der Waals surface area contributed by atoms with Crippen molar-refractivity contribution >= 4 is 29.1 Å². The second-order valence-electron chi connectivity index (χ2n) is 7.88. The molecule has 2 aromatic rings. The van der Waals surface area contributed by atoms with Crippen LogP contribution in [0.2, 0.25) is 0 Å². The van der Waals surface area contributed by atoms with Crippen molar-refractivity contribution in [3.8, 4) is 5.75 Å². The summed E-state index contributed by atoms with van der Waals surface area (Å²) in [4.78, 5) is 25.3. The van der Waals surface area contributed by atoms with Gasteiger partial charge in [-0.05, 0) is 31.0 Å². The summed E-state index contributed by atoms with van der Waals surface area (Å²) >= 11 is 1.62. The maximum absolute atomic E-state index is 11.0. The number of hydrogen-bond donors (Lipinski definition) is 1. The van der Waals surface area contributed by atoms with Gasteiger partial charge in [-0.15, -0.1) is 4.91 Å². The highest BCUT2D eigenvalue weighted by Gasteiger charge is 2.34. The molecule has 1 N–H and O–H groups in total. The van der Waals surface area contributed by atoms with Gasteiger partial charge in [-0.25, -0.2) is 9.97 Å². The van der Waals surface area contributed by atoms with Crippen LogP contribution in [0.5, 0.6) is 5.75 Å². The van der Waals surface area contributed by atoms with Gasteiger partial charge < -0.3 is 19.9 Å². The monoisotopic (exact) mass is 443 g/mol. The fourth-order valence-electron chi connectivity index (χ4n) is 4.01. The van der Waals surface area contributed by atoms with E-state index in [9.17, 15) is 4.91 Å². The SMILES string of the molecule is CCC1Nc2c(N3CCN(N=O)C(C)C3)nc(SCc3ccc(OC)cc3)nc2N1C. The number of aromatic nitrogens is 2. The van der Waals surface area contributed by atoms with Gasteiger partial charge in [0.2, 0.25) is 0 Å². The number of methoxy groups -OCH3 is 1. The smallest absolute Gasteiger partial charge is 0.191 e. The highest BCUT2D eigenvalue weighted by Crippen LogP contribution is 2.41. The number of benzene rings is 1. The summed E-state index contributed by atoms with van der Waals surface area (Å²) in [6.45, 7) is 6.15. The highest BCUT2D eigenvalue weighted by atomic mass is 32.2. The van der Waals surface area contributed by atoms with Gasteiger partial charge >= 0.3 is 0 Å². The molecule has 0 bridgehead atoms. The van der Waals surface area contributed by atoms with Crippen molar-refractivity contribution in [2.45, 2.75) is 43.4 Å². The van der Waals surface area contributed by atoms with Gasteiger partial charge in [0.05, 0.1) is 31.1 Å². The molecule has 31 heavy (non-hydrogen) atoms. The van der Waals surface area contributed by atoms with E-state index in [1.807, 2.05) is 19.1 Å². The van der Waals surface area contributed by atoms with E-state index in [1.54, 1.807) is 23.9 Å². The van der Waals surface area contributed by atoms with Crippen LogP contribution in [0.4, 0.5) is 17.3 Å². The Morgan fingerprint density at radius 1 is 1.23 bits per heavy atom. The first-order valence-electron chi connectivity index (χ1n) is 10.6. The first kappa shape index (κ1) is 21.5. The van der Waals surface area contributed by atoms with E-state index < -0.39 is 0 Å². The van der Waals surface area contributed by atoms with Crippen molar-refractivity contribution in [2.24, 2.45) is 5.29 Å². The number of rotatable bonds is 7. The third-order valence-corrected chi connectivity index (χ3v) is 6.79. The molecule has 0 amide bonds. The molecule has 3 heterocycles. The summed E-state index contributed by atoms with van der Waals surface area (Å²) in [5.74, 6) is 3.46. The average Bonchev–Trinajstić information content (AvgIpc) is 3.13. The first-order valence-corrected chi connectivity index (χ1v) is 11.5. The van der Waals surface area contributed by atoms with Crippen molar-refractivity contribution in [2.75, 3.05) is 48.9 Å². The lowest BCUT2D eigenvalue weighted by atomic mass is 10.2. The number of anilines is 3. The molecule has 2 aliphatic rings. The van der Waals surface area contributed by atoms with Gasteiger partial charge in [0.1, 0.15) is 11.4 Å². The van der Waals surface area contributed by atoms with Crippen LogP contribution in [0.3, 0.4) is 0 Å². The summed E-state index contributed by atoms with van der Waals surface area (Å²) in [6, 6.07) is 8.10. The Morgan fingerprint density at radius 2 is 1.97 bits per heavy atom. The van der Waals surface area contributed by atoms with Gasteiger partial charge in [0.25, 0.3) is 0 Å². The molecule has 2 aliphatic heterocycles. The fourth-order valence-corrected chi connectivity index (χ4v) is 4.80. The lowest BCUT2D eigenvalue weighted by molar-refractivity contribution is 0.194. The van der Waals surface area contributed by atoms with Crippen LogP contribution in [0.1, 0.15) is 25.8 Å². The molecular weight excluding hydrogens is 414 g/mol. The third-order valence-electron chi connectivity index (χ3n) is 5.87. The summed E-state index contributed by atoms with van der Waals surface area (Å²) in [5, 5.41) is 9.09. The Balaban J connectivity index is 1.60. The molecule has 0 radical (unpaired) electrons. The second kappa shape index (κ2) is 9.17. The molecule has 10 heteroatoms. The number of hydrogen-bond acceptors (Lipinski definition) is 9. The molecule has 9 nitrogen and oxygen atoms in total. The molecule has 4 rings (SSSR count). The summed E-state index contributed by atoms with van der Waals surface area (Å²) in [5.41, 5.74) is 2.16. The Kier molecular flexibility index (Phi) is 6.35. The molecule has 0 aliphatic carbocycles. The lowest BCUT2D eigenvalue weighted by Crippen LogP contribution is -2.50. The Morgan fingerprint density at radius 3 is 2.61 bits per heavy atom. The maximum atomic E-state index is 11.0. The first-order chi connectivity index (χ1) is 15.0. The van der Waals surface area contributed by atoms with Crippen molar-refractivity contribution in [1.82, 2.24) is 15.0 Å². The quantitative estimate of drug-likeness (QED) is 0.392. The molecule has 2 atom stereocenters. The topological polar surface area (TPSA) is 86.2 Å². The van der Waals surface area contributed by atoms with E-state index in [0.29, 0.717) is 19.6 Å². The van der Waals surface area contributed by atoms with Crippen molar-refractivity contribution in [1.29, 1.82) is 0 Å². The summed E-state index contributed by atoms with van der Waals surface area (Å²) < 4.78 is 5.24. The molecular formula is C21H29N7O2S. The van der Waals surface area contributed by atoms with Gasteiger partial charge in [-0.1, -0.05) is 30.8 Å². The molecule has 0 saturated carbocycles. The number of nitrogens with one attached hydrogen (secondary N) is 1. The molecule has 1 aromatic carbocycles. The Bertz CT molecular complexity index is 927. The molecule has 0 spiro atoms. The number of ether oxygens (including phenoxy) is 1. The van der Waals surface area contributed by atoms with Gasteiger partial charge in [0, 0.05) is 25.9 Å². The minimum atomic E-state index is 0.0355. The Labute approximate surface area is 187 Å². The van der Waals surface area contributed by atoms with E-state index in [0.717, 1.165) is 40.4 Å². The van der Waals surface area contributed by atoms with Crippen LogP contribution in [0, 0.1) is 4.91 Å². The predicted octanol–water partition coefficient (Wildman–Crippen LogP) is 3.57. The van der Waals surface area contributed by atoms with E-state index >= 15 is 0 Å². The number of thioether (sulfide) groups is 1. The van der Waals surface area contributed by atoms with Gasteiger partial charge in [-0.2, -0.15) is 0 Å². The second-order valence-corrected chi connectivity index (χ2v) is 8.83. The number of nitrogens with zero attached hydrogens (tertiary/aromatic N) is 6.